The molecule has 1 N–H and O–H groups in total. The molecule has 2 aliphatic rings. The van der Waals surface area contributed by atoms with Crippen molar-refractivity contribution in [1.29, 1.82) is 0 Å². The van der Waals surface area contributed by atoms with E-state index in [1.807, 2.05) is 0 Å². The van der Waals surface area contributed by atoms with Crippen molar-refractivity contribution in [3.05, 3.63) is 29.8 Å². The van der Waals surface area contributed by atoms with Gasteiger partial charge in [-0.05, 0) is 55.8 Å². The second-order valence-electron chi connectivity index (χ2n) is 9.10. The van der Waals surface area contributed by atoms with Gasteiger partial charge in [0.25, 0.3) is 0 Å². The van der Waals surface area contributed by atoms with Crippen LogP contribution in [0.3, 0.4) is 0 Å². The highest BCUT2D eigenvalue weighted by Gasteiger charge is 2.31. The Morgan fingerprint density at radius 3 is 2.44 bits per heavy atom. The zero-order valence-electron chi connectivity index (χ0n) is 19.0. The molecule has 1 aromatic carbocycles. The second-order valence-corrected chi connectivity index (χ2v) is 9.10. The van der Waals surface area contributed by atoms with Gasteiger partial charge in [0, 0.05) is 51.9 Å². The Morgan fingerprint density at radius 1 is 1.09 bits per heavy atom. The van der Waals surface area contributed by atoms with E-state index in [1.165, 1.54) is 25.0 Å². The minimum absolute atomic E-state index is 0.129. The van der Waals surface area contributed by atoms with Crippen molar-refractivity contribution >= 4 is 11.6 Å². The monoisotopic (exact) mass is 455 g/mol. The van der Waals surface area contributed by atoms with Gasteiger partial charge in [0.15, 0.2) is 0 Å². The fourth-order valence-electron chi connectivity index (χ4n) is 4.82. The number of methoxy groups -OCH3 is 1. The number of halogens is 3. The highest BCUT2D eigenvalue weighted by Crippen LogP contribution is 2.33. The molecule has 0 atom stereocenters. The number of nitrogens with zero attached hydrogens (tertiary/aromatic N) is 2. The Balaban J connectivity index is 1.33. The maximum atomic E-state index is 13.0. The van der Waals surface area contributed by atoms with Gasteiger partial charge in [0.2, 0.25) is 5.91 Å². The lowest BCUT2D eigenvalue weighted by atomic mass is 9.79. The van der Waals surface area contributed by atoms with E-state index in [2.05, 4.69) is 15.1 Å². The Hall–Kier alpha value is -1.80. The van der Waals surface area contributed by atoms with Gasteiger partial charge in [0.1, 0.15) is 0 Å². The van der Waals surface area contributed by atoms with Crippen LogP contribution in [-0.4, -0.2) is 63.8 Å². The van der Waals surface area contributed by atoms with E-state index in [4.69, 9.17) is 4.74 Å². The van der Waals surface area contributed by atoms with Crippen LogP contribution < -0.4 is 10.2 Å². The van der Waals surface area contributed by atoms with Crippen LogP contribution >= 0.6 is 0 Å². The molecule has 5 nitrogen and oxygen atoms in total. The van der Waals surface area contributed by atoms with Crippen LogP contribution in [0.4, 0.5) is 18.9 Å². The zero-order chi connectivity index (χ0) is 23.0. The molecule has 8 heteroatoms. The normalized spacial score (nSPS) is 22.7. The minimum atomic E-state index is -4.30. The van der Waals surface area contributed by atoms with E-state index in [9.17, 15) is 18.0 Å². The molecule has 32 heavy (non-hydrogen) atoms. The Kier molecular flexibility index (Phi) is 9.22. The van der Waals surface area contributed by atoms with Gasteiger partial charge in [-0.25, -0.2) is 0 Å². The van der Waals surface area contributed by atoms with E-state index >= 15 is 0 Å². The topological polar surface area (TPSA) is 44.8 Å². The molecule has 2 fully saturated rings. The molecule has 0 spiro atoms. The average molecular weight is 456 g/mol. The number of nitrogens with one attached hydrogen (secondary N) is 1. The number of amides is 1. The van der Waals surface area contributed by atoms with Crippen LogP contribution in [0.15, 0.2) is 24.3 Å². The number of rotatable bonds is 9. The third-order valence-corrected chi connectivity index (χ3v) is 6.83. The number of hydrogen-bond acceptors (Lipinski definition) is 4. The number of anilines is 1. The molecule has 0 radical (unpaired) electrons. The first-order valence-corrected chi connectivity index (χ1v) is 11.8. The Labute approximate surface area is 189 Å². The first kappa shape index (κ1) is 24.8. The molecule has 3 rings (SSSR count). The SMILES string of the molecule is COCCNC(=O)CC1CCC(CCN2CCN(c3cccc(C(F)(F)F)c3)CC2)CC1. The zero-order valence-corrected chi connectivity index (χ0v) is 19.0. The van der Waals surface area contributed by atoms with Crippen LogP contribution in [0.25, 0.3) is 0 Å². The number of ether oxygens (including phenoxy) is 1. The van der Waals surface area contributed by atoms with Crippen molar-refractivity contribution in [3.63, 3.8) is 0 Å². The van der Waals surface area contributed by atoms with E-state index in [1.54, 1.807) is 13.2 Å². The highest BCUT2D eigenvalue weighted by atomic mass is 19.4. The third kappa shape index (κ3) is 7.66. The van der Waals surface area contributed by atoms with E-state index in [-0.39, 0.29) is 5.91 Å². The molecular formula is C24H36F3N3O2. The first-order valence-electron chi connectivity index (χ1n) is 11.8. The van der Waals surface area contributed by atoms with Gasteiger partial charge in [-0.2, -0.15) is 13.2 Å². The molecule has 180 valence electrons. The van der Waals surface area contributed by atoms with Crippen molar-refractivity contribution < 1.29 is 22.7 Å². The summed E-state index contributed by atoms with van der Waals surface area (Å²) in [5, 5.41) is 2.91. The summed E-state index contributed by atoms with van der Waals surface area (Å²) in [6, 6.07) is 5.64. The minimum Gasteiger partial charge on any atom is -0.383 e. The second kappa shape index (κ2) is 11.9. The van der Waals surface area contributed by atoms with Crippen molar-refractivity contribution in [1.82, 2.24) is 10.2 Å². The summed E-state index contributed by atoms with van der Waals surface area (Å²) in [6.45, 7) is 5.45. The fourth-order valence-corrected chi connectivity index (χ4v) is 4.82. The number of carbonyl (C=O) groups is 1. The predicted molar refractivity (Wildman–Crippen MR) is 120 cm³/mol. The summed E-state index contributed by atoms with van der Waals surface area (Å²) >= 11 is 0. The maximum Gasteiger partial charge on any atom is 0.416 e. The molecular weight excluding hydrogens is 419 g/mol. The van der Waals surface area contributed by atoms with Gasteiger partial charge >= 0.3 is 6.18 Å². The van der Waals surface area contributed by atoms with Crippen LogP contribution in [0.1, 0.15) is 44.1 Å². The number of benzene rings is 1. The maximum absolute atomic E-state index is 13.0. The highest BCUT2D eigenvalue weighted by molar-refractivity contribution is 5.76. The smallest absolute Gasteiger partial charge is 0.383 e. The summed E-state index contributed by atoms with van der Waals surface area (Å²) < 4.78 is 43.9. The van der Waals surface area contributed by atoms with Crippen molar-refractivity contribution in [3.8, 4) is 0 Å². The molecule has 1 aliphatic heterocycles. The number of carbonyl (C=O) groups excluding carboxylic acids is 1. The molecule has 1 amide bonds. The molecule has 1 saturated heterocycles. The van der Waals surface area contributed by atoms with Gasteiger partial charge in [-0.3, -0.25) is 9.69 Å². The van der Waals surface area contributed by atoms with Crippen molar-refractivity contribution in [2.75, 3.05) is 57.9 Å². The summed E-state index contributed by atoms with van der Waals surface area (Å²) in [4.78, 5) is 16.4. The van der Waals surface area contributed by atoms with E-state index in [0.717, 1.165) is 58.1 Å². The number of piperazine rings is 1. The van der Waals surface area contributed by atoms with Crippen molar-refractivity contribution in [2.24, 2.45) is 11.8 Å². The lowest BCUT2D eigenvalue weighted by Crippen LogP contribution is -2.47. The number of hydrogen-bond donors (Lipinski definition) is 1. The summed E-state index contributed by atoms with van der Waals surface area (Å²) in [5.74, 6) is 1.33. The summed E-state index contributed by atoms with van der Waals surface area (Å²) in [6.07, 6.45) is 2.08. The first-order chi connectivity index (χ1) is 15.3. The molecule has 0 aromatic heterocycles. The van der Waals surface area contributed by atoms with Crippen LogP contribution in [0.2, 0.25) is 0 Å². The molecule has 0 bridgehead atoms. The standard InChI is InChI=1S/C24H36F3N3O2/c1-32-16-10-28-23(31)17-20-7-5-19(6-8-20)9-11-29-12-14-30(15-13-29)22-4-2-3-21(18-22)24(25,26)27/h2-4,18-20H,5-17H2,1H3,(H,28,31). The van der Waals surface area contributed by atoms with Crippen LogP contribution in [-0.2, 0) is 15.7 Å². The molecule has 1 aromatic rings. The Bertz CT molecular complexity index is 713. The van der Waals surface area contributed by atoms with Gasteiger partial charge in [0.05, 0.1) is 12.2 Å². The summed E-state index contributed by atoms with van der Waals surface area (Å²) in [7, 11) is 1.63. The molecule has 0 unspecified atom stereocenters. The van der Waals surface area contributed by atoms with Crippen LogP contribution in [0, 0.1) is 11.8 Å². The molecule has 1 heterocycles. The molecule has 1 aliphatic carbocycles. The third-order valence-electron chi connectivity index (χ3n) is 6.83. The van der Waals surface area contributed by atoms with E-state index in [0.29, 0.717) is 37.1 Å². The van der Waals surface area contributed by atoms with Gasteiger partial charge in [-0.15, -0.1) is 0 Å². The lowest BCUT2D eigenvalue weighted by Gasteiger charge is -2.37. The van der Waals surface area contributed by atoms with Crippen LogP contribution in [0.5, 0.6) is 0 Å². The number of alkyl halides is 3. The largest absolute Gasteiger partial charge is 0.416 e. The van der Waals surface area contributed by atoms with Crippen molar-refractivity contribution in [2.45, 2.75) is 44.7 Å². The van der Waals surface area contributed by atoms with Gasteiger partial charge < -0.3 is 15.0 Å². The fraction of sp³-hybridized carbons (Fsp3) is 0.708. The average Bonchev–Trinajstić information content (AvgIpc) is 2.79. The van der Waals surface area contributed by atoms with E-state index < -0.39 is 11.7 Å². The summed E-state index contributed by atoms with van der Waals surface area (Å²) in [5.41, 5.74) is 0.0737. The lowest BCUT2D eigenvalue weighted by molar-refractivity contribution is -0.137. The molecule has 1 saturated carbocycles. The quantitative estimate of drug-likeness (QED) is 0.568. The Morgan fingerprint density at radius 2 is 1.78 bits per heavy atom. The van der Waals surface area contributed by atoms with Gasteiger partial charge in [-0.1, -0.05) is 18.9 Å². The predicted octanol–water partition coefficient (Wildman–Crippen LogP) is 4.18.